The molecular weight excluding hydrogens is 210 g/mol. The fourth-order valence-corrected chi connectivity index (χ4v) is 1.77. The second-order valence-corrected chi connectivity index (χ2v) is 5.45. The molecular formula is C15H25NO. The van der Waals surface area contributed by atoms with Gasteiger partial charge in [-0.05, 0) is 30.5 Å². The summed E-state index contributed by atoms with van der Waals surface area (Å²) in [6.45, 7) is 13.5. The molecule has 0 aliphatic rings. The molecule has 0 saturated heterocycles. The average molecular weight is 235 g/mol. The summed E-state index contributed by atoms with van der Waals surface area (Å²) in [6, 6.07) is 6.42. The second kappa shape index (κ2) is 6.06. The van der Waals surface area contributed by atoms with E-state index in [1.54, 1.807) is 0 Å². The molecule has 0 heterocycles. The van der Waals surface area contributed by atoms with Crippen molar-refractivity contribution < 1.29 is 4.74 Å². The van der Waals surface area contributed by atoms with Crippen LogP contribution in [0.3, 0.4) is 0 Å². The van der Waals surface area contributed by atoms with Gasteiger partial charge in [-0.15, -0.1) is 0 Å². The van der Waals surface area contributed by atoms with Gasteiger partial charge >= 0.3 is 0 Å². The number of benzene rings is 1. The highest BCUT2D eigenvalue weighted by Gasteiger charge is 2.18. The van der Waals surface area contributed by atoms with Crippen LogP contribution < -0.4 is 10.1 Å². The fourth-order valence-electron chi connectivity index (χ4n) is 1.77. The lowest BCUT2D eigenvalue weighted by Crippen LogP contribution is -2.21. The smallest absolute Gasteiger partial charge is 0.123 e. The molecule has 0 aliphatic heterocycles. The summed E-state index contributed by atoms with van der Waals surface area (Å²) in [4.78, 5) is 0. The molecule has 17 heavy (non-hydrogen) atoms. The zero-order chi connectivity index (χ0) is 12.9. The Bertz CT molecular complexity index is 352. The van der Waals surface area contributed by atoms with E-state index in [9.17, 15) is 0 Å². The summed E-state index contributed by atoms with van der Waals surface area (Å²) in [5.74, 6) is 1.01. The van der Waals surface area contributed by atoms with Crippen LogP contribution in [0.5, 0.6) is 5.75 Å². The Morgan fingerprint density at radius 3 is 2.53 bits per heavy atom. The number of nitrogens with one attached hydrogen (secondary N) is 1. The lowest BCUT2D eigenvalue weighted by Gasteiger charge is -2.23. The number of likely N-dealkylation sites (N-methyl/N-ethyl adjacent to an activating group) is 1. The highest BCUT2D eigenvalue weighted by molar-refractivity contribution is 5.41. The van der Waals surface area contributed by atoms with Crippen molar-refractivity contribution in [3.8, 4) is 5.75 Å². The minimum Gasteiger partial charge on any atom is -0.492 e. The summed E-state index contributed by atoms with van der Waals surface area (Å²) in [7, 11) is 0. The standard InChI is InChI=1S/C15H25NO/c1-6-16-9-10-17-14-8-7-12(2)11-13(14)15(3,4)5/h7-8,11,16H,6,9-10H2,1-5H3. The van der Waals surface area contributed by atoms with Gasteiger partial charge < -0.3 is 10.1 Å². The average Bonchev–Trinajstić information content (AvgIpc) is 2.25. The van der Waals surface area contributed by atoms with Crippen molar-refractivity contribution in [2.75, 3.05) is 19.7 Å². The first-order valence-corrected chi connectivity index (χ1v) is 6.40. The Morgan fingerprint density at radius 2 is 1.94 bits per heavy atom. The molecule has 1 N–H and O–H groups in total. The minimum absolute atomic E-state index is 0.125. The van der Waals surface area contributed by atoms with E-state index in [0.29, 0.717) is 0 Å². The largest absolute Gasteiger partial charge is 0.492 e. The van der Waals surface area contributed by atoms with Crippen LogP contribution in [0.15, 0.2) is 18.2 Å². The van der Waals surface area contributed by atoms with E-state index >= 15 is 0 Å². The molecule has 1 aromatic rings. The molecule has 0 unspecified atom stereocenters. The SMILES string of the molecule is CCNCCOc1ccc(C)cc1C(C)(C)C. The van der Waals surface area contributed by atoms with Crippen molar-refractivity contribution in [3.63, 3.8) is 0 Å². The van der Waals surface area contributed by atoms with Gasteiger partial charge in [-0.25, -0.2) is 0 Å². The molecule has 0 spiro atoms. The molecule has 1 aromatic carbocycles. The van der Waals surface area contributed by atoms with Gasteiger partial charge in [-0.1, -0.05) is 45.4 Å². The van der Waals surface area contributed by atoms with Gasteiger partial charge in [0.25, 0.3) is 0 Å². The van der Waals surface area contributed by atoms with Crippen LogP contribution in [0.1, 0.15) is 38.8 Å². The third kappa shape index (κ3) is 4.39. The van der Waals surface area contributed by atoms with Crippen molar-refractivity contribution in [2.24, 2.45) is 0 Å². The molecule has 0 radical (unpaired) electrons. The quantitative estimate of drug-likeness (QED) is 0.791. The van der Waals surface area contributed by atoms with E-state index < -0.39 is 0 Å². The Labute approximate surface area is 105 Å². The second-order valence-electron chi connectivity index (χ2n) is 5.45. The first-order chi connectivity index (χ1) is 7.95. The molecule has 0 aliphatic carbocycles. The zero-order valence-electron chi connectivity index (χ0n) is 11.8. The molecule has 0 saturated carbocycles. The topological polar surface area (TPSA) is 21.3 Å². The Morgan fingerprint density at radius 1 is 1.24 bits per heavy atom. The summed E-state index contributed by atoms with van der Waals surface area (Å²) in [5, 5.41) is 3.26. The number of ether oxygens (including phenoxy) is 1. The van der Waals surface area contributed by atoms with E-state index in [2.05, 4.69) is 58.1 Å². The van der Waals surface area contributed by atoms with Gasteiger partial charge in [-0.2, -0.15) is 0 Å². The van der Waals surface area contributed by atoms with Crippen molar-refractivity contribution in [2.45, 2.75) is 40.0 Å². The maximum Gasteiger partial charge on any atom is 0.123 e. The first kappa shape index (κ1) is 14.0. The Kier molecular flexibility index (Phi) is 5.01. The van der Waals surface area contributed by atoms with Crippen molar-refractivity contribution in [1.29, 1.82) is 0 Å². The van der Waals surface area contributed by atoms with Crippen LogP contribution in [0.4, 0.5) is 0 Å². The predicted octanol–water partition coefficient (Wildman–Crippen LogP) is 3.28. The molecule has 0 amide bonds. The summed E-state index contributed by atoms with van der Waals surface area (Å²) < 4.78 is 5.86. The maximum atomic E-state index is 5.86. The van der Waals surface area contributed by atoms with Gasteiger partial charge in [0.2, 0.25) is 0 Å². The van der Waals surface area contributed by atoms with E-state index in [0.717, 1.165) is 25.4 Å². The monoisotopic (exact) mass is 235 g/mol. The van der Waals surface area contributed by atoms with Crippen molar-refractivity contribution in [3.05, 3.63) is 29.3 Å². The molecule has 0 aromatic heterocycles. The molecule has 2 nitrogen and oxygen atoms in total. The summed E-state index contributed by atoms with van der Waals surface area (Å²) in [6.07, 6.45) is 0. The van der Waals surface area contributed by atoms with E-state index in [-0.39, 0.29) is 5.41 Å². The van der Waals surface area contributed by atoms with Crippen LogP contribution in [0.25, 0.3) is 0 Å². The maximum absolute atomic E-state index is 5.86. The van der Waals surface area contributed by atoms with Crippen LogP contribution >= 0.6 is 0 Å². The Hall–Kier alpha value is -1.02. The molecule has 0 fully saturated rings. The molecule has 96 valence electrons. The first-order valence-electron chi connectivity index (χ1n) is 6.40. The van der Waals surface area contributed by atoms with Gasteiger partial charge in [0, 0.05) is 6.54 Å². The summed E-state index contributed by atoms with van der Waals surface area (Å²) in [5.41, 5.74) is 2.70. The number of rotatable bonds is 5. The number of aryl methyl sites for hydroxylation is 1. The molecule has 1 rings (SSSR count). The van der Waals surface area contributed by atoms with Gasteiger partial charge in [-0.3, -0.25) is 0 Å². The van der Waals surface area contributed by atoms with Crippen molar-refractivity contribution in [1.82, 2.24) is 5.32 Å². The fraction of sp³-hybridized carbons (Fsp3) is 0.600. The van der Waals surface area contributed by atoms with Crippen LogP contribution in [0, 0.1) is 6.92 Å². The summed E-state index contributed by atoms with van der Waals surface area (Å²) >= 11 is 0. The van der Waals surface area contributed by atoms with E-state index in [4.69, 9.17) is 4.74 Å². The third-order valence-electron chi connectivity index (χ3n) is 2.73. The van der Waals surface area contributed by atoms with E-state index in [1.165, 1.54) is 11.1 Å². The van der Waals surface area contributed by atoms with Gasteiger partial charge in [0.15, 0.2) is 0 Å². The number of hydrogen-bond donors (Lipinski definition) is 1. The van der Waals surface area contributed by atoms with Crippen molar-refractivity contribution >= 4 is 0 Å². The highest BCUT2D eigenvalue weighted by Crippen LogP contribution is 2.31. The third-order valence-corrected chi connectivity index (χ3v) is 2.73. The lowest BCUT2D eigenvalue weighted by molar-refractivity contribution is 0.307. The number of hydrogen-bond acceptors (Lipinski definition) is 2. The van der Waals surface area contributed by atoms with E-state index in [1.807, 2.05) is 0 Å². The van der Waals surface area contributed by atoms with Crippen LogP contribution in [0.2, 0.25) is 0 Å². The van der Waals surface area contributed by atoms with Crippen LogP contribution in [-0.4, -0.2) is 19.7 Å². The molecule has 0 bridgehead atoms. The highest BCUT2D eigenvalue weighted by atomic mass is 16.5. The van der Waals surface area contributed by atoms with Gasteiger partial charge in [0.05, 0.1) is 0 Å². The minimum atomic E-state index is 0.125. The lowest BCUT2D eigenvalue weighted by atomic mass is 9.85. The van der Waals surface area contributed by atoms with Gasteiger partial charge in [0.1, 0.15) is 12.4 Å². The predicted molar refractivity (Wildman–Crippen MR) is 73.9 cm³/mol. The molecule has 0 atom stereocenters. The zero-order valence-corrected chi connectivity index (χ0v) is 11.8. The normalized spacial score (nSPS) is 11.6. The molecule has 2 heteroatoms. The van der Waals surface area contributed by atoms with Crippen LogP contribution in [-0.2, 0) is 5.41 Å². The Balaban J connectivity index is 2.77.